The van der Waals surface area contributed by atoms with Gasteiger partial charge in [0, 0.05) is 19.6 Å². The van der Waals surface area contributed by atoms with Gasteiger partial charge in [-0.05, 0) is 37.8 Å². The maximum atomic E-state index is 13.2. The highest BCUT2D eigenvalue weighted by molar-refractivity contribution is 7.89. The van der Waals surface area contributed by atoms with Crippen molar-refractivity contribution < 1.29 is 13.2 Å². The molecule has 7 nitrogen and oxygen atoms in total. The normalized spacial score (nSPS) is 22.5. The average Bonchev–Trinajstić information content (AvgIpc) is 3.34. The molecular formula is C15H18N4O3S2. The van der Waals surface area contributed by atoms with E-state index >= 15 is 0 Å². The van der Waals surface area contributed by atoms with E-state index in [1.54, 1.807) is 23.1 Å². The number of aromatic nitrogens is 2. The molecule has 1 aromatic heterocycles. The van der Waals surface area contributed by atoms with Crippen LogP contribution in [0.3, 0.4) is 0 Å². The van der Waals surface area contributed by atoms with Crippen molar-refractivity contribution in [3.63, 3.8) is 0 Å². The Kier molecular flexibility index (Phi) is 4.01. The minimum atomic E-state index is -3.77. The van der Waals surface area contributed by atoms with Crippen LogP contribution in [0.25, 0.3) is 11.0 Å². The predicted octanol–water partition coefficient (Wildman–Crippen LogP) is 1.47. The molecule has 2 fully saturated rings. The fraction of sp³-hybridized carbons (Fsp3) is 0.533. The van der Waals surface area contributed by atoms with Gasteiger partial charge in [0.2, 0.25) is 15.9 Å². The fourth-order valence-electron chi connectivity index (χ4n) is 3.54. The van der Waals surface area contributed by atoms with Crippen molar-refractivity contribution in [1.29, 1.82) is 0 Å². The highest BCUT2D eigenvalue weighted by Crippen LogP contribution is 2.31. The Morgan fingerprint density at radius 2 is 1.92 bits per heavy atom. The van der Waals surface area contributed by atoms with Crippen LogP contribution in [0.15, 0.2) is 23.1 Å². The monoisotopic (exact) mass is 366 g/mol. The van der Waals surface area contributed by atoms with Gasteiger partial charge in [-0.15, -0.1) is 0 Å². The molecule has 1 aromatic carbocycles. The van der Waals surface area contributed by atoms with E-state index < -0.39 is 16.1 Å². The molecule has 1 amide bonds. The van der Waals surface area contributed by atoms with Crippen LogP contribution in [0.1, 0.15) is 25.7 Å². The first kappa shape index (κ1) is 15.9. The fourth-order valence-corrected chi connectivity index (χ4v) is 5.94. The van der Waals surface area contributed by atoms with Gasteiger partial charge in [0.15, 0.2) is 0 Å². The van der Waals surface area contributed by atoms with Crippen LogP contribution in [0, 0.1) is 0 Å². The van der Waals surface area contributed by atoms with Gasteiger partial charge in [0.1, 0.15) is 22.0 Å². The Labute approximate surface area is 144 Å². The molecule has 0 aliphatic carbocycles. The molecule has 2 aliphatic rings. The first-order valence-corrected chi connectivity index (χ1v) is 10.3. The van der Waals surface area contributed by atoms with E-state index in [1.165, 1.54) is 4.31 Å². The van der Waals surface area contributed by atoms with Crippen molar-refractivity contribution in [3.05, 3.63) is 18.2 Å². The van der Waals surface area contributed by atoms with Crippen LogP contribution in [0.2, 0.25) is 0 Å². The van der Waals surface area contributed by atoms with Gasteiger partial charge in [-0.3, -0.25) is 4.79 Å². The number of fused-ring (bicyclic) bond motifs is 1. The largest absolute Gasteiger partial charge is 0.341 e. The molecule has 0 bridgehead atoms. The smallest absolute Gasteiger partial charge is 0.246 e. The van der Waals surface area contributed by atoms with Gasteiger partial charge in [-0.2, -0.15) is 13.1 Å². The van der Waals surface area contributed by atoms with E-state index in [2.05, 4.69) is 8.75 Å². The molecule has 1 unspecified atom stereocenters. The minimum absolute atomic E-state index is 0.0582. The molecule has 2 saturated heterocycles. The summed E-state index contributed by atoms with van der Waals surface area (Å²) < 4.78 is 35.9. The standard InChI is InChI=1S/C15H18N4O3S2/c20-15(18-8-1-2-9-18)12-6-4-10-19(12)24(21,22)13-7-3-5-11-14(13)17-23-16-11/h3,5,7,12H,1-2,4,6,8-10H2. The first-order chi connectivity index (χ1) is 11.6. The summed E-state index contributed by atoms with van der Waals surface area (Å²) in [5.74, 6) is -0.0582. The van der Waals surface area contributed by atoms with Crippen molar-refractivity contribution in [2.45, 2.75) is 36.6 Å². The van der Waals surface area contributed by atoms with E-state index in [0.29, 0.717) is 30.4 Å². The van der Waals surface area contributed by atoms with Gasteiger partial charge in [-0.1, -0.05) is 6.07 Å². The molecule has 0 saturated carbocycles. The molecule has 128 valence electrons. The van der Waals surface area contributed by atoms with E-state index in [0.717, 1.165) is 37.7 Å². The van der Waals surface area contributed by atoms with Crippen LogP contribution in [-0.2, 0) is 14.8 Å². The second-order valence-electron chi connectivity index (χ2n) is 6.19. The van der Waals surface area contributed by atoms with E-state index in [9.17, 15) is 13.2 Å². The molecule has 0 radical (unpaired) electrons. The van der Waals surface area contributed by atoms with Crippen molar-refractivity contribution in [2.75, 3.05) is 19.6 Å². The lowest BCUT2D eigenvalue weighted by molar-refractivity contribution is -0.133. The maximum Gasteiger partial charge on any atom is 0.246 e. The second kappa shape index (κ2) is 6.05. The number of sulfonamides is 1. The lowest BCUT2D eigenvalue weighted by atomic mass is 10.2. The van der Waals surface area contributed by atoms with Gasteiger partial charge < -0.3 is 4.90 Å². The first-order valence-electron chi connectivity index (χ1n) is 8.11. The molecule has 3 heterocycles. The number of likely N-dealkylation sites (tertiary alicyclic amines) is 1. The predicted molar refractivity (Wildman–Crippen MR) is 90.1 cm³/mol. The maximum absolute atomic E-state index is 13.2. The third kappa shape index (κ3) is 2.51. The lowest BCUT2D eigenvalue weighted by Gasteiger charge is -2.27. The summed E-state index contributed by atoms with van der Waals surface area (Å²) in [5.41, 5.74) is 0.962. The summed E-state index contributed by atoms with van der Waals surface area (Å²) in [6.45, 7) is 1.84. The van der Waals surface area contributed by atoms with Crippen LogP contribution in [0.4, 0.5) is 0 Å². The van der Waals surface area contributed by atoms with Crippen LogP contribution < -0.4 is 0 Å². The second-order valence-corrected chi connectivity index (χ2v) is 8.58. The quantitative estimate of drug-likeness (QED) is 0.821. The zero-order valence-electron chi connectivity index (χ0n) is 13.1. The average molecular weight is 366 g/mol. The number of rotatable bonds is 3. The number of carbonyl (C=O) groups is 1. The topological polar surface area (TPSA) is 83.5 Å². The highest BCUT2D eigenvalue weighted by atomic mass is 32.2. The Bertz CT molecular complexity index is 874. The lowest BCUT2D eigenvalue weighted by Crippen LogP contribution is -2.46. The molecule has 24 heavy (non-hydrogen) atoms. The van der Waals surface area contributed by atoms with Crippen LogP contribution >= 0.6 is 11.7 Å². The molecule has 4 rings (SSSR count). The summed E-state index contributed by atoms with van der Waals surface area (Å²) in [6.07, 6.45) is 3.28. The number of hydrogen-bond acceptors (Lipinski definition) is 6. The van der Waals surface area contributed by atoms with Crippen molar-refractivity contribution >= 4 is 38.7 Å². The highest BCUT2D eigenvalue weighted by Gasteiger charge is 2.42. The van der Waals surface area contributed by atoms with Crippen LogP contribution in [0.5, 0.6) is 0 Å². The number of benzene rings is 1. The Hall–Kier alpha value is -1.58. The molecule has 9 heteroatoms. The minimum Gasteiger partial charge on any atom is -0.341 e. The number of hydrogen-bond donors (Lipinski definition) is 0. The molecular weight excluding hydrogens is 348 g/mol. The van der Waals surface area contributed by atoms with E-state index in [4.69, 9.17) is 0 Å². The Balaban J connectivity index is 1.70. The number of nitrogens with zero attached hydrogens (tertiary/aromatic N) is 4. The summed E-state index contributed by atoms with van der Waals surface area (Å²) in [6, 6.07) is 4.38. The number of amides is 1. The van der Waals surface area contributed by atoms with Crippen molar-refractivity contribution in [2.24, 2.45) is 0 Å². The van der Waals surface area contributed by atoms with Crippen LogP contribution in [-0.4, -0.2) is 58.0 Å². The molecule has 2 aromatic rings. The summed E-state index contributed by atoms with van der Waals surface area (Å²) in [4.78, 5) is 14.7. The van der Waals surface area contributed by atoms with Gasteiger partial charge in [0.25, 0.3) is 0 Å². The molecule has 1 atom stereocenters. The van der Waals surface area contributed by atoms with Gasteiger partial charge >= 0.3 is 0 Å². The van der Waals surface area contributed by atoms with Crippen molar-refractivity contribution in [3.8, 4) is 0 Å². The summed E-state index contributed by atoms with van der Waals surface area (Å²) in [5, 5.41) is 0. The van der Waals surface area contributed by atoms with E-state index in [1.807, 2.05) is 0 Å². The molecule has 2 aliphatic heterocycles. The molecule has 0 spiro atoms. The van der Waals surface area contributed by atoms with Gasteiger partial charge in [-0.25, -0.2) is 8.42 Å². The zero-order chi connectivity index (χ0) is 16.7. The summed E-state index contributed by atoms with van der Waals surface area (Å²) in [7, 11) is -3.77. The zero-order valence-corrected chi connectivity index (χ0v) is 14.7. The van der Waals surface area contributed by atoms with Crippen molar-refractivity contribution in [1.82, 2.24) is 18.0 Å². The number of carbonyl (C=O) groups excluding carboxylic acids is 1. The van der Waals surface area contributed by atoms with Gasteiger partial charge in [0.05, 0.1) is 11.7 Å². The SMILES string of the molecule is O=C(C1CCCN1S(=O)(=O)c1cccc2nsnc12)N1CCCC1. The molecule has 0 N–H and O–H groups in total. The third-order valence-corrected chi connectivity index (χ3v) is 7.22. The third-order valence-electron chi connectivity index (χ3n) is 4.74. The van der Waals surface area contributed by atoms with E-state index in [-0.39, 0.29) is 10.8 Å². The summed E-state index contributed by atoms with van der Waals surface area (Å²) >= 11 is 0.995. The Morgan fingerprint density at radius 3 is 2.71 bits per heavy atom. The Morgan fingerprint density at radius 1 is 1.12 bits per heavy atom.